The Hall–Kier alpha value is -1.95. The number of hydrogen-bond acceptors (Lipinski definition) is 6. The molecule has 1 aliphatic heterocycles. The Bertz CT molecular complexity index is 834. The van der Waals surface area contributed by atoms with Crippen LogP contribution in [0.2, 0.25) is 0 Å². The van der Waals surface area contributed by atoms with Gasteiger partial charge < -0.3 is 24.8 Å². The minimum absolute atomic E-state index is 0. The van der Waals surface area contributed by atoms with E-state index in [4.69, 9.17) is 9.26 Å². The lowest BCUT2D eigenvalue weighted by Gasteiger charge is -2.35. The molecule has 31 heavy (non-hydrogen) atoms. The first kappa shape index (κ1) is 25.3. The third-order valence-corrected chi connectivity index (χ3v) is 4.92. The maximum Gasteiger partial charge on any atom is 0.248 e. The monoisotopic (exact) mass is 546 g/mol. The minimum atomic E-state index is -0.213. The van der Waals surface area contributed by atoms with Gasteiger partial charge in [-0.2, -0.15) is 4.98 Å². The summed E-state index contributed by atoms with van der Waals surface area (Å²) in [7, 11) is 0. The highest BCUT2D eigenvalue weighted by atomic mass is 127. The van der Waals surface area contributed by atoms with Crippen LogP contribution in [-0.4, -0.2) is 48.4 Å². The van der Waals surface area contributed by atoms with Gasteiger partial charge in [-0.1, -0.05) is 11.2 Å². The molecule has 0 bridgehead atoms. The van der Waals surface area contributed by atoms with E-state index in [1.54, 1.807) is 12.1 Å². The van der Waals surface area contributed by atoms with E-state index in [-0.39, 0.29) is 48.5 Å². The van der Waals surface area contributed by atoms with E-state index in [2.05, 4.69) is 30.7 Å². The molecular weight excluding hydrogens is 514 g/mol. The molecule has 0 radical (unpaired) electrons. The molecule has 1 aliphatic rings. The molecule has 1 saturated heterocycles. The molecule has 2 atom stereocenters. The van der Waals surface area contributed by atoms with Gasteiger partial charge in [0.15, 0.2) is 11.8 Å². The lowest BCUT2D eigenvalue weighted by atomic mass is 10.0. The first-order valence-electron chi connectivity index (χ1n) is 10.6. The molecule has 1 aromatic heterocycles. The van der Waals surface area contributed by atoms with E-state index in [1.165, 1.54) is 6.07 Å². The third-order valence-electron chi connectivity index (χ3n) is 4.92. The molecule has 1 aromatic carbocycles. The summed E-state index contributed by atoms with van der Waals surface area (Å²) >= 11 is 0. The Labute approximate surface area is 200 Å². The van der Waals surface area contributed by atoms with Gasteiger partial charge in [-0.25, -0.2) is 9.38 Å². The molecule has 0 amide bonds. The molecule has 2 unspecified atom stereocenters. The Balaban J connectivity index is 0.00000341. The fourth-order valence-corrected chi connectivity index (χ4v) is 3.48. The highest BCUT2D eigenvalue weighted by molar-refractivity contribution is 14.0. The van der Waals surface area contributed by atoms with Gasteiger partial charge >= 0.3 is 0 Å². The molecule has 2 heterocycles. The van der Waals surface area contributed by atoms with E-state index in [1.807, 2.05) is 26.8 Å². The summed E-state index contributed by atoms with van der Waals surface area (Å²) in [6, 6.07) is 6.95. The van der Waals surface area contributed by atoms with Crippen LogP contribution in [0.1, 0.15) is 51.4 Å². The van der Waals surface area contributed by atoms with Gasteiger partial charge in [-0.15, -0.1) is 24.0 Å². The van der Waals surface area contributed by atoms with Crippen molar-refractivity contribution in [2.75, 3.05) is 31.1 Å². The summed E-state index contributed by atoms with van der Waals surface area (Å²) in [5.74, 6) is 1.45. The Morgan fingerprint density at radius 3 is 3.00 bits per heavy atom. The van der Waals surface area contributed by atoms with E-state index >= 15 is 0 Å². The van der Waals surface area contributed by atoms with E-state index in [9.17, 15) is 4.39 Å². The first-order chi connectivity index (χ1) is 14.6. The van der Waals surface area contributed by atoms with Crippen molar-refractivity contribution in [2.45, 2.75) is 52.3 Å². The molecule has 0 saturated carbocycles. The highest BCUT2D eigenvalue weighted by Gasteiger charge is 2.21. The second-order valence-corrected chi connectivity index (χ2v) is 7.25. The quantitative estimate of drug-likeness (QED) is 0.297. The second kappa shape index (κ2) is 12.8. The number of aliphatic imine (C=N–C) groups is 1. The molecule has 2 aromatic rings. The van der Waals surface area contributed by atoms with Gasteiger partial charge in [0.05, 0.1) is 0 Å². The molecule has 1 fully saturated rings. The predicted octanol–water partition coefficient (Wildman–Crippen LogP) is 3.65. The van der Waals surface area contributed by atoms with Crippen molar-refractivity contribution in [3.8, 4) is 0 Å². The van der Waals surface area contributed by atoms with Crippen molar-refractivity contribution in [2.24, 2.45) is 4.99 Å². The van der Waals surface area contributed by atoms with Crippen molar-refractivity contribution in [1.82, 2.24) is 20.8 Å². The average Bonchev–Trinajstić information content (AvgIpc) is 3.22. The summed E-state index contributed by atoms with van der Waals surface area (Å²) in [6.45, 7) is 9.14. The lowest BCUT2D eigenvalue weighted by molar-refractivity contribution is 0.0683. The zero-order valence-electron chi connectivity index (χ0n) is 18.3. The number of aromatic nitrogens is 2. The van der Waals surface area contributed by atoms with E-state index in [0.717, 1.165) is 38.2 Å². The molecule has 172 valence electrons. The summed E-state index contributed by atoms with van der Waals surface area (Å²) in [5.41, 5.74) is 0.908. The fraction of sp³-hybridized carbons (Fsp3) is 0.571. The largest absolute Gasteiger partial charge is 0.371 e. The molecule has 0 spiro atoms. The Kier molecular flexibility index (Phi) is 10.4. The Morgan fingerprint density at radius 2 is 2.26 bits per heavy atom. The second-order valence-electron chi connectivity index (χ2n) is 7.25. The Morgan fingerprint density at radius 1 is 1.42 bits per heavy atom. The summed E-state index contributed by atoms with van der Waals surface area (Å²) in [5, 5.41) is 10.7. The average molecular weight is 546 g/mol. The van der Waals surface area contributed by atoms with Crippen molar-refractivity contribution < 1.29 is 13.7 Å². The molecular formula is C21H32FIN6O2. The number of benzene rings is 1. The zero-order chi connectivity index (χ0) is 21.3. The van der Waals surface area contributed by atoms with Gasteiger partial charge in [0.2, 0.25) is 5.89 Å². The van der Waals surface area contributed by atoms with E-state index in [0.29, 0.717) is 24.3 Å². The first-order valence-corrected chi connectivity index (χ1v) is 10.6. The van der Waals surface area contributed by atoms with E-state index < -0.39 is 0 Å². The minimum Gasteiger partial charge on any atom is -0.371 e. The van der Waals surface area contributed by atoms with Gasteiger partial charge in [0, 0.05) is 38.0 Å². The summed E-state index contributed by atoms with van der Waals surface area (Å²) < 4.78 is 24.4. The van der Waals surface area contributed by atoms with Crippen LogP contribution in [0.3, 0.4) is 0 Å². The fourth-order valence-electron chi connectivity index (χ4n) is 3.48. The molecule has 0 aliphatic carbocycles. The van der Waals surface area contributed by atoms with Crippen LogP contribution in [0.4, 0.5) is 10.1 Å². The highest BCUT2D eigenvalue weighted by Crippen LogP contribution is 2.20. The number of ether oxygens (including phenoxy) is 1. The maximum atomic E-state index is 13.6. The van der Waals surface area contributed by atoms with Crippen LogP contribution in [0.5, 0.6) is 0 Å². The van der Waals surface area contributed by atoms with Crippen molar-refractivity contribution in [1.29, 1.82) is 0 Å². The third kappa shape index (κ3) is 7.60. The van der Waals surface area contributed by atoms with Crippen LogP contribution < -0.4 is 15.5 Å². The number of nitrogens with zero attached hydrogens (tertiary/aromatic N) is 4. The number of rotatable bonds is 8. The molecule has 8 nitrogen and oxygen atoms in total. The number of anilines is 1. The maximum absolute atomic E-state index is 13.6. The molecule has 3 rings (SSSR count). The van der Waals surface area contributed by atoms with Gasteiger partial charge in [0.1, 0.15) is 18.5 Å². The smallest absolute Gasteiger partial charge is 0.248 e. The number of piperidine rings is 1. The van der Waals surface area contributed by atoms with Gasteiger partial charge in [-0.3, -0.25) is 0 Å². The van der Waals surface area contributed by atoms with Crippen LogP contribution in [0, 0.1) is 5.82 Å². The van der Waals surface area contributed by atoms with Crippen LogP contribution in [-0.2, 0) is 11.3 Å². The topological polar surface area (TPSA) is 87.8 Å². The number of hydrogen-bond donors (Lipinski definition) is 2. The van der Waals surface area contributed by atoms with Crippen molar-refractivity contribution in [3.63, 3.8) is 0 Å². The SMILES string of the molecule is CCNC(=NCc1nc(C(C)OCC)no1)NC1CCCN(c2cccc(F)c2)C1.I. The van der Waals surface area contributed by atoms with Crippen molar-refractivity contribution in [3.05, 3.63) is 41.8 Å². The molecule has 10 heteroatoms. The zero-order valence-corrected chi connectivity index (χ0v) is 20.6. The van der Waals surface area contributed by atoms with Crippen molar-refractivity contribution >= 4 is 35.6 Å². The van der Waals surface area contributed by atoms with Crippen LogP contribution in [0.25, 0.3) is 0 Å². The lowest BCUT2D eigenvalue weighted by Crippen LogP contribution is -2.51. The standard InChI is InChI=1S/C21H31FN6O2.HI/c1-4-23-21(24-13-19-26-20(27-30-19)15(3)29-5-2)25-17-9-7-11-28(14-17)18-10-6-8-16(22)12-18;/h6,8,10,12,15,17H,4-5,7,9,11,13-14H2,1-3H3,(H2,23,24,25);1H. The molecule has 2 N–H and O–H groups in total. The number of guanidine groups is 1. The van der Waals surface area contributed by atoms with Gasteiger partial charge in [-0.05, 0) is 51.8 Å². The predicted molar refractivity (Wildman–Crippen MR) is 129 cm³/mol. The van der Waals surface area contributed by atoms with Crippen LogP contribution >= 0.6 is 24.0 Å². The number of nitrogens with one attached hydrogen (secondary N) is 2. The van der Waals surface area contributed by atoms with Gasteiger partial charge in [0.25, 0.3) is 0 Å². The summed E-state index contributed by atoms with van der Waals surface area (Å²) in [6.07, 6.45) is 1.84. The normalized spacial score (nSPS) is 17.7. The van der Waals surface area contributed by atoms with Crippen LogP contribution in [0.15, 0.2) is 33.8 Å². The summed E-state index contributed by atoms with van der Waals surface area (Å²) in [4.78, 5) is 11.1. The number of halogens is 2.